The van der Waals surface area contributed by atoms with Crippen molar-refractivity contribution in [1.82, 2.24) is 15.5 Å². The van der Waals surface area contributed by atoms with Gasteiger partial charge in [0.05, 0.1) is 11.4 Å². The van der Waals surface area contributed by atoms with E-state index in [0.717, 1.165) is 34.9 Å². The Hall–Kier alpha value is -1.45. The Bertz CT molecular complexity index is 625. The Morgan fingerprint density at radius 1 is 1.14 bits per heavy atom. The number of aromatic nitrogens is 2. The first-order valence-electron chi connectivity index (χ1n) is 7.30. The maximum absolute atomic E-state index is 6.38. The molecule has 0 saturated heterocycles. The lowest BCUT2D eigenvalue weighted by Crippen LogP contribution is -2.24. The summed E-state index contributed by atoms with van der Waals surface area (Å²) in [4.78, 5) is 0. The molecule has 2 rings (SSSR count). The number of benzene rings is 1. The van der Waals surface area contributed by atoms with Crippen LogP contribution in [-0.4, -0.2) is 16.7 Å². The molecule has 1 unspecified atom stereocenters. The van der Waals surface area contributed by atoms with Gasteiger partial charge in [0.2, 0.25) is 0 Å². The molecule has 4 heteroatoms. The van der Waals surface area contributed by atoms with Crippen molar-refractivity contribution in [2.75, 3.05) is 6.54 Å². The third-order valence-electron chi connectivity index (χ3n) is 3.60. The molecule has 0 aliphatic rings. The largest absolute Gasteiger partial charge is 0.310 e. The summed E-state index contributed by atoms with van der Waals surface area (Å²) >= 11 is 6.38. The molecule has 0 saturated carbocycles. The predicted molar refractivity (Wildman–Crippen MR) is 87.8 cm³/mol. The second-order valence-corrected chi connectivity index (χ2v) is 5.84. The lowest BCUT2D eigenvalue weighted by molar-refractivity contribution is 0.542. The van der Waals surface area contributed by atoms with Crippen molar-refractivity contribution in [3.05, 3.63) is 57.4 Å². The number of hydrogen-bond acceptors (Lipinski definition) is 3. The first-order valence-corrected chi connectivity index (χ1v) is 7.68. The van der Waals surface area contributed by atoms with E-state index < -0.39 is 0 Å². The van der Waals surface area contributed by atoms with E-state index >= 15 is 0 Å². The Morgan fingerprint density at radius 2 is 1.90 bits per heavy atom. The quantitative estimate of drug-likeness (QED) is 0.909. The van der Waals surface area contributed by atoms with Crippen LogP contribution in [0.3, 0.4) is 0 Å². The van der Waals surface area contributed by atoms with Crippen molar-refractivity contribution in [2.24, 2.45) is 0 Å². The molecule has 3 nitrogen and oxygen atoms in total. The third kappa shape index (κ3) is 4.02. The molecule has 0 aliphatic heterocycles. The highest BCUT2D eigenvalue weighted by atomic mass is 35.5. The maximum Gasteiger partial charge on any atom is 0.0648 e. The fourth-order valence-electron chi connectivity index (χ4n) is 2.50. The smallest absolute Gasteiger partial charge is 0.0648 e. The number of nitrogens with one attached hydrogen (secondary N) is 1. The van der Waals surface area contributed by atoms with Crippen molar-refractivity contribution in [1.29, 1.82) is 0 Å². The van der Waals surface area contributed by atoms with Crippen LogP contribution in [-0.2, 0) is 6.42 Å². The molecule has 0 bridgehead atoms. The average Bonchev–Trinajstić information content (AvgIpc) is 2.44. The van der Waals surface area contributed by atoms with Gasteiger partial charge in [0.1, 0.15) is 0 Å². The molecule has 1 N–H and O–H groups in total. The standard InChI is InChI=1S/C17H22ClN3/c1-5-19-17(15-9-12(3)20-21-13(15)4)10-14-7-6-11(2)8-16(14)18/h6-9,17,19H,5,10H2,1-4H3. The van der Waals surface area contributed by atoms with Crippen LogP contribution in [0.5, 0.6) is 0 Å². The number of likely N-dealkylation sites (N-methyl/N-ethyl adjacent to an activating group) is 1. The zero-order valence-electron chi connectivity index (χ0n) is 13.1. The number of rotatable bonds is 5. The minimum atomic E-state index is 0.199. The fourth-order valence-corrected chi connectivity index (χ4v) is 2.81. The summed E-state index contributed by atoms with van der Waals surface area (Å²) in [5.41, 5.74) is 5.44. The number of halogens is 1. The molecule has 2 aromatic rings. The first-order chi connectivity index (χ1) is 10.0. The molecule has 1 aromatic carbocycles. The lowest BCUT2D eigenvalue weighted by Gasteiger charge is -2.21. The Labute approximate surface area is 131 Å². The van der Waals surface area contributed by atoms with Crippen LogP contribution >= 0.6 is 11.6 Å². The second kappa shape index (κ2) is 7.01. The van der Waals surface area contributed by atoms with E-state index in [1.807, 2.05) is 19.9 Å². The SMILES string of the molecule is CCNC(Cc1ccc(C)cc1Cl)c1cc(C)nnc1C. The first kappa shape index (κ1) is 15.9. The highest BCUT2D eigenvalue weighted by Gasteiger charge is 2.16. The van der Waals surface area contributed by atoms with E-state index in [2.05, 4.69) is 47.6 Å². The van der Waals surface area contributed by atoms with Crippen LogP contribution in [0.15, 0.2) is 24.3 Å². The monoisotopic (exact) mass is 303 g/mol. The Balaban J connectivity index is 2.32. The summed E-state index contributed by atoms with van der Waals surface area (Å²) in [6.45, 7) is 9.04. The van der Waals surface area contributed by atoms with Crippen molar-refractivity contribution in [3.8, 4) is 0 Å². The second-order valence-electron chi connectivity index (χ2n) is 5.44. The molecule has 1 atom stereocenters. The van der Waals surface area contributed by atoms with Crippen LogP contribution in [0.25, 0.3) is 0 Å². The van der Waals surface area contributed by atoms with E-state index in [9.17, 15) is 0 Å². The van der Waals surface area contributed by atoms with Crippen LogP contribution in [0, 0.1) is 20.8 Å². The summed E-state index contributed by atoms with van der Waals surface area (Å²) in [5, 5.41) is 12.7. The predicted octanol–water partition coefficient (Wildman–Crippen LogP) is 3.95. The van der Waals surface area contributed by atoms with E-state index in [-0.39, 0.29) is 6.04 Å². The molecule has 112 valence electrons. The minimum Gasteiger partial charge on any atom is -0.310 e. The van der Waals surface area contributed by atoms with Gasteiger partial charge in [-0.25, -0.2) is 0 Å². The summed E-state index contributed by atoms with van der Waals surface area (Å²) in [6.07, 6.45) is 0.846. The Morgan fingerprint density at radius 3 is 2.57 bits per heavy atom. The van der Waals surface area contributed by atoms with Crippen LogP contribution < -0.4 is 5.32 Å². The summed E-state index contributed by atoms with van der Waals surface area (Å²) < 4.78 is 0. The van der Waals surface area contributed by atoms with Gasteiger partial charge in [-0.3, -0.25) is 0 Å². The average molecular weight is 304 g/mol. The summed E-state index contributed by atoms with van der Waals surface area (Å²) in [5.74, 6) is 0. The number of aryl methyl sites for hydroxylation is 3. The van der Waals surface area contributed by atoms with E-state index in [4.69, 9.17) is 11.6 Å². The molecule has 0 spiro atoms. The highest BCUT2D eigenvalue weighted by molar-refractivity contribution is 6.31. The molecule has 21 heavy (non-hydrogen) atoms. The summed E-state index contributed by atoms with van der Waals surface area (Å²) in [7, 11) is 0. The van der Waals surface area contributed by atoms with Gasteiger partial charge in [0.15, 0.2) is 0 Å². The zero-order chi connectivity index (χ0) is 15.4. The topological polar surface area (TPSA) is 37.8 Å². The molecule has 0 fully saturated rings. The Kier molecular flexibility index (Phi) is 5.32. The molecule has 1 heterocycles. The van der Waals surface area contributed by atoms with Crippen LogP contribution in [0.2, 0.25) is 5.02 Å². The van der Waals surface area contributed by atoms with Crippen LogP contribution in [0.4, 0.5) is 0 Å². The molecule has 0 aliphatic carbocycles. The van der Waals surface area contributed by atoms with Gasteiger partial charge in [0, 0.05) is 11.1 Å². The minimum absolute atomic E-state index is 0.199. The molecular weight excluding hydrogens is 282 g/mol. The van der Waals surface area contributed by atoms with Gasteiger partial charge in [-0.2, -0.15) is 10.2 Å². The van der Waals surface area contributed by atoms with Crippen LogP contribution in [0.1, 0.15) is 41.0 Å². The number of nitrogens with zero attached hydrogens (tertiary/aromatic N) is 2. The van der Waals surface area contributed by atoms with Gasteiger partial charge >= 0.3 is 0 Å². The van der Waals surface area contributed by atoms with E-state index in [0.29, 0.717) is 0 Å². The van der Waals surface area contributed by atoms with Crippen molar-refractivity contribution < 1.29 is 0 Å². The van der Waals surface area contributed by atoms with Gasteiger partial charge in [-0.15, -0.1) is 0 Å². The molecular formula is C17H22ClN3. The highest BCUT2D eigenvalue weighted by Crippen LogP contribution is 2.26. The van der Waals surface area contributed by atoms with Gasteiger partial charge in [-0.1, -0.05) is 30.7 Å². The van der Waals surface area contributed by atoms with Crippen molar-refractivity contribution >= 4 is 11.6 Å². The zero-order valence-corrected chi connectivity index (χ0v) is 13.8. The van der Waals surface area contributed by atoms with Crippen molar-refractivity contribution in [3.63, 3.8) is 0 Å². The van der Waals surface area contributed by atoms with Crippen molar-refractivity contribution in [2.45, 2.75) is 40.2 Å². The van der Waals surface area contributed by atoms with Gasteiger partial charge < -0.3 is 5.32 Å². The molecule has 1 aromatic heterocycles. The van der Waals surface area contributed by atoms with Gasteiger partial charge in [0.25, 0.3) is 0 Å². The molecule has 0 radical (unpaired) electrons. The number of hydrogen-bond donors (Lipinski definition) is 1. The normalized spacial score (nSPS) is 12.4. The van der Waals surface area contributed by atoms with Gasteiger partial charge in [-0.05, 0) is 62.6 Å². The summed E-state index contributed by atoms with van der Waals surface area (Å²) in [6, 6.07) is 8.54. The maximum atomic E-state index is 6.38. The molecule has 0 amide bonds. The fraction of sp³-hybridized carbons (Fsp3) is 0.412. The van der Waals surface area contributed by atoms with E-state index in [1.54, 1.807) is 0 Å². The third-order valence-corrected chi connectivity index (χ3v) is 3.95. The lowest BCUT2D eigenvalue weighted by atomic mass is 9.97. The van der Waals surface area contributed by atoms with E-state index in [1.165, 1.54) is 11.1 Å².